The van der Waals surface area contributed by atoms with E-state index in [0.29, 0.717) is 42.0 Å². The van der Waals surface area contributed by atoms with Crippen LogP contribution < -0.4 is 10.6 Å². The molecule has 4 bridgehead atoms. The number of alkyl halides is 3. The summed E-state index contributed by atoms with van der Waals surface area (Å²) in [6, 6.07) is 13.4. The molecule has 2 aromatic heterocycles. The van der Waals surface area contributed by atoms with Crippen LogP contribution in [0.25, 0.3) is 22.4 Å². The normalized spacial score (nSPS) is 26.4. The number of carbonyl (C=O) groups is 2. The molecule has 216 valence electrons. The van der Waals surface area contributed by atoms with Crippen LogP contribution in [0.1, 0.15) is 48.0 Å². The number of aliphatic hydroxyl groups is 1. The molecule has 8 nitrogen and oxygen atoms in total. The highest BCUT2D eigenvalue weighted by Gasteiger charge is 2.58. The van der Waals surface area contributed by atoms with Crippen LogP contribution in [0.15, 0.2) is 60.8 Å². The Labute approximate surface area is 238 Å². The zero-order chi connectivity index (χ0) is 29.2. The molecular weight excluding hydrogens is 547 g/mol. The summed E-state index contributed by atoms with van der Waals surface area (Å²) in [6.45, 7) is 0. The molecule has 0 aliphatic heterocycles. The summed E-state index contributed by atoms with van der Waals surface area (Å²) >= 11 is 0. The number of nitrogens with zero attached hydrogens (tertiary/aromatic N) is 2. The number of aromatic nitrogens is 3. The average molecular weight is 576 g/mol. The minimum absolute atomic E-state index is 0.00689. The highest BCUT2D eigenvalue weighted by atomic mass is 19.4. The van der Waals surface area contributed by atoms with Gasteiger partial charge in [-0.25, -0.2) is 9.97 Å². The Bertz CT molecular complexity index is 1690. The van der Waals surface area contributed by atoms with E-state index in [-0.39, 0.29) is 40.4 Å². The summed E-state index contributed by atoms with van der Waals surface area (Å²) in [7, 11) is 0. The van der Waals surface area contributed by atoms with Gasteiger partial charge in [-0.05, 0) is 98.4 Å². The lowest BCUT2D eigenvalue weighted by Crippen LogP contribution is -2.57. The van der Waals surface area contributed by atoms with Gasteiger partial charge in [0, 0.05) is 23.0 Å². The maximum absolute atomic E-state index is 14.3. The first-order valence-electron chi connectivity index (χ1n) is 14.0. The van der Waals surface area contributed by atoms with Crippen LogP contribution in [0.4, 0.5) is 24.7 Å². The summed E-state index contributed by atoms with van der Waals surface area (Å²) in [6.07, 6.45) is 0.103. The molecule has 0 spiro atoms. The third-order valence-electron chi connectivity index (χ3n) is 9.19. The first-order chi connectivity index (χ1) is 20.1. The molecule has 4 N–H and O–H groups in total. The molecule has 2 atom stereocenters. The second kappa shape index (κ2) is 9.65. The Balaban J connectivity index is 1.15. The van der Waals surface area contributed by atoms with E-state index in [1.54, 1.807) is 30.5 Å². The van der Waals surface area contributed by atoms with Crippen LogP contribution in [0.3, 0.4) is 0 Å². The van der Waals surface area contributed by atoms with Crippen molar-refractivity contribution in [2.24, 2.45) is 23.2 Å². The molecule has 4 saturated carbocycles. The molecule has 0 radical (unpaired) electrons. The molecular formula is C31H28F3N5O3. The van der Waals surface area contributed by atoms with E-state index in [0.717, 1.165) is 18.9 Å². The van der Waals surface area contributed by atoms with Crippen LogP contribution in [-0.4, -0.2) is 38.0 Å². The van der Waals surface area contributed by atoms with E-state index in [1.807, 2.05) is 0 Å². The largest absolute Gasteiger partial charge is 0.417 e. The van der Waals surface area contributed by atoms with Crippen LogP contribution in [0.5, 0.6) is 0 Å². The number of pyridine rings is 1. The van der Waals surface area contributed by atoms with Crippen molar-refractivity contribution >= 4 is 34.4 Å². The highest BCUT2D eigenvalue weighted by molar-refractivity contribution is 6.05. The van der Waals surface area contributed by atoms with Crippen molar-refractivity contribution in [2.45, 2.75) is 44.4 Å². The molecule has 4 aromatic rings. The third-order valence-corrected chi connectivity index (χ3v) is 9.19. The Morgan fingerprint density at radius 2 is 1.76 bits per heavy atom. The van der Waals surface area contributed by atoms with E-state index in [9.17, 15) is 27.9 Å². The third kappa shape index (κ3) is 4.61. The Morgan fingerprint density at radius 1 is 0.976 bits per heavy atom. The summed E-state index contributed by atoms with van der Waals surface area (Å²) in [4.78, 5) is 37.5. The van der Waals surface area contributed by atoms with E-state index in [4.69, 9.17) is 0 Å². The van der Waals surface area contributed by atoms with Gasteiger partial charge >= 0.3 is 6.18 Å². The lowest BCUT2D eigenvalue weighted by Gasteiger charge is -2.57. The molecule has 0 saturated heterocycles. The number of H-pyrrole nitrogens is 1. The molecule has 2 aromatic carbocycles. The van der Waals surface area contributed by atoms with Gasteiger partial charge in [0.25, 0.3) is 5.91 Å². The molecule has 2 heterocycles. The minimum Gasteiger partial charge on any atom is -0.393 e. The number of halogens is 3. The Kier molecular flexibility index (Phi) is 6.12. The number of benzene rings is 2. The average Bonchev–Trinajstić information content (AvgIpc) is 3.39. The predicted octanol–water partition coefficient (Wildman–Crippen LogP) is 6.02. The predicted molar refractivity (Wildman–Crippen MR) is 149 cm³/mol. The number of aromatic amines is 1. The zero-order valence-electron chi connectivity index (χ0n) is 22.4. The first-order valence-corrected chi connectivity index (χ1v) is 14.0. The molecule has 4 fully saturated rings. The van der Waals surface area contributed by atoms with Crippen LogP contribution in [-0.2, 0) is 11.0 Å². The van der Waals surface area contributed by atoms with Crippen molar-refractivity contribution in [3.63, 3.8) is 0 Å². The maximum Gasteiger partial charge on any atom is 0.417 e. The van der Waals surface area contributed by atoms with Gasteiger partial charge in [0.1, 0.15) is 11.6 Å². The maximum atomic E-state index is 14.3. The van der Waals surface area contributed by atoms with Crippen molar-refractivity contribution in [1.82, 2.24) is 15.0 Å². The number of hydrogen-bond acceptors (Lipinski definition) is 5. The van der Waals surface area contributed by atoms with Gasteiger partial charge in [0.2, 0.25) is 5.91 Å². The smallest absolute Gasteiger partial charge is 0.393 e. The molecule has 8 rings (SSSR count). The Hall–Kier alpha value is -4.25. The number of nitrogens with one attached hydrogen (secondary N) is 3. The second-order valence-electron chi connectivity index (χ2n) is 11.9. The van der Waals surface area contributed by atoms with Crippen LogP contribution in [0.2, 0.25) is 0 Å². The topological polar surface area (TPSA) is 120 Å². The number of carbonyl (C=O) groups excluding carboxylic acids is 2. The fraction of sp³-hybridized carbons (Fsp3) is 0.355. The van der Waals surface area contributed by atoms with Crippen molar-refractivity contribution < 1.29 is 27.9 Å². The van der Waals surface area contributed by atoms with Gasteiger partial charge in [0.15, 0.2) is 0 Å². The lowest BCUT2D eigenvalue weighted by atomic mass is 9.48. The van der Waals surface area contributed by atoms with Crippen LogP contribution in [0, 0.1) is 23.2 Å². The van der Waals surface area contributed by atoms with Gasteiger partial charge in [-0.1, -0.05) is 6.07 Å². The van der Waals surface area contributed by atoms with Crippen molar-refractivity contribution in [2.75, 3.05) is 10.6 Å². The molecule has 4 aliphatic carbocycles. The van der Waals surface area contributed by atoms with E-state index in [2.05, 4.69) is 25.6 Å². The van der Waals surface area contributed by atoms with E-state index in [1.165, 1.54) is 24.3 Å². The van der Waals surface area contributed by atoms with Gasteiger partial charge in [-0.3, -0.25) is 9.59 Å². The first kappa shape index (κ1) is 26.6. The standard InChI is InChI=1S/C31H28F3N5O3/c32-31(33,34)22-12-20(36-29(42)30-13-16-9-18(14-30)26(40)19(10-16)15-30)5-6-21(22)27-37-23-7-4-17(11-24(23)38-27)28(41)39-25-3-1-2-8-35-25/h1-8,11-12,16,18-19,26,40H,9-10,13-15H2,(H,36,42)(H,37,38)(H,35,39,41). The quantitative estimate of drug-likeness (QED) is 0.232. The van der Waals surface area contributed by atoms with E-state index >= 15 is 0 Å². The van der Waals surface area contributed by atoms with Gasteiger partial charge < -0.3 is 20.7 Å². The molecule has 2 amide bonds. The number of rotatable bonds is 5. The van der Waals surface area contributed by atoms with Crippen molar-refractivity contribution in [3.8, 4) is 11.4 Å². The fourth-order valence-electron chi connectivity index (χ4n) is 7.51. The number of hydrogen-bond donors (Lipinski definition) is 4. The van der Waals surface area contributed by atoms with Gasteiger partial charge in [-0.15, -0.1) is 0 Å². The minimum atomic E-state index is -4.71. The molecule has 11 heteroatoms. The second-order valence-corrected chi connectivity index (χ2v) is 11.9. The summed E-state index contributed by atoms with van der Waals surface area (Å²) in [5.41, 5.74) is -0.609. The summed E-state index contributed by atoms with van der Waals surface area (Å²) in [5, 5.41) is 16.0. The van der Waals surface area contributed by atoms with E-state index < -0.39 is 29.2 Å². The SMILES string of the molecule is O=C(Nc1ccccn1)c1ccc2nc(-c3ccc(NC(=O)C45CC6CC(C4)C(O)C(C6)C5)cc3C(F)(F)F)[nH]c2c1. The fourth-order valence-corrected chi connectivity index (χ4v) is 7.51. The summed E-state index contributed by atoms with van der Waals surface area (Å²) < 4.78 is 42.9. The zero-order valence-corrected chi connectivity index (χ0v) is 22.4. The number of anilines is 2. The van der Waals surface area contributed by atoms with Crippen LogP contribution >= 0.6 is 0 Å². The number of amides is 2. The van der Waals surface area contributed by atoms with Gasteiger partial charge in [0.05, 0.1) is 28.1 Å². The summed E-state index contributed by atoms with van der Waals surface area (Å²) in [5.74, 6) is 0.198. The van der Waals surface area contributed by atoms with Gasteiger partial charge in [-0.2, -0.15) is 13.2 Å². The number of fused-ring (bicyclic) bond motifs is 1. The molecule has 4 aliphatic rings. The molecule has 42 heavy (non-hydrogen) atoms. The monoisotopic (exact) mass is 575 g/mol. The lowest BCUT2D eigenvalue weighted by molar-refractivity contribution is -0.158. The molecule has 2 unspecified atom stereocenters. The highest BCUT2D eigenvalue weighted by Crippen LogP contribution is 2.60. The van der Waals surface area contributed by atoms with Crippen molar-refractivity contribution in [3.05, 3.63) is 71.9 Å². The van der Waals surface area contributed by atoms with Crippen molar-refractivity contribution in [1.29, 1.82) is 0 Å². The Morgan fingerprint density at radius 3 is 2.48 bits per heavy atom. The number of imidazole rings is 1. The number of aliphatic hydroxyl groups excluding tert-OH is 1.